The van der Waals surface area contributed by atoms with Crippen molar-refractivity contribution in [2.24, 2.45) is 11.7 Å². The molecule has 2 nitrogen and oxygen atoms in total. The maximum atomic E-state index is 13.6. The topological polar surface area (TPSA) is 38.9 Å². The van der Waals surface area contributed by atoms with E-state index >= 15 is 0 Å². The lowest BCUT2D eigenvalue weighted by Gasteiger charge is -2.22. The van der Waals surface area contributed by atoms with Crippen molar-refractivity contribution in [3.05, 3.63) is 29.8 Å². The van der Waals surface area contributed by atoms with Gasteiger partial charge in [-0.25, -0.2) is 4.39 Å². The quantitative estimate of drug-likeness (QED) is 0.780. The van der Waals surface area contributed by atoms with E-state index in [1.807, 2.05) is 0 Å². The summed E-state index contributed by atoms with van der Waals surface area (Å²) in [5.41, 5.74) is 6.80. The molecule has 1 fully saturated rings. The van der Waals surface area contributed by atoms with Gasteiger partial charge in [0.05, 0.1) is 6.20 Å². The van der Waals surface area contributed by atoms with Crippen LogP contribution in [0.15, 0.2) is 18.5 Å². The van der Waals surface area contributed by atoms with Gasteiger partial charge in [-0.3, -0.25) is 4.98 Å². The van der Waals surface area contributed by atoms with Crippen molar-refractivity contribution in [1.29, 1.82) is 0 Å². The molecule has 2 N–H and O–H groups in total. The van der Waals surface area contributed by atoms with Crippen LogP contribution in [0.4, 0.5) is 4.39 Å². The average Bonchev–Trinajstić information content (AvgIpc) is 2.57. The first kappa shape index (κ1) is 11.5. The molecule has 1 heterocycles. The van der Waals surface area contributed by atoms with Crippen molar-refractivity contribution in [3.63, 3.8) is 0 Å². The van der Waals surface area contributed by atoms with Crippen LogP contribution in [-0.2, 0) is 0 Å². The molecule has 0 saturated heterocycles. The van der Waals surface area contributed by atoms with Crippen LogP contribution in [0.5, 0.6) is 0 Å². The monoisotopic (exact) mass is 222 g/mol. The highest BCUT2D eigenvalue weighted by atomic mass is 19.1. The molecule has 16 heavy (non-hydrogen) atoms. The molecule has 0 bridgehead atoms. The van der Waals surface area contributed by atoms with Crippen molar-refractivity contribution in [2.75, 3.05) is 0 Å². The van der Waals surface area contributed by atoms with Gasteiger partial charge in [-0.1, -0.05) is 25.7 Å². The molecule has 0 amide bonds. The minimum atomic E-state index is -0.265. The molecule has 0 radical (unpaired) electrons. The normalized spacial score (nSPS) is 20.4. The molecule has 1 aromatic heterocycles. The van der Waals surface area contributed by atoms with Gasteiger partial charge in [-0.15, -0.1) is 0 Å². The molecule has 0 spiro atoms. The summed E-state index contributed by atoms with van der Waals surface area (Å²) in [4.78, 5) is 3.76. The minimum Gasteiger partial charge on any atom is -0.324 e. The minimum absolute atomic E-state index is 0.166. The zero-order chi connectivity index (χ0) is 11.4. The van der Waals surface area contributed by atoms with Gasteiger partial charge >= 0.3 is 0 Å². The fourth-order valence-corrected chi connectivity index (χ4v) is 2.58. The standard InChI is InChI=1S/C13H19FN2/c14-12-9-16-8-7-11(12)13(15)10-5-3-1-2-4-6-10/h7-10,13H,1-6,15H2. The van der Waals surface area contributed by atoms with E-state index in [0.29, 0.717) is 11.5 Å². The molecular weight excluding hydrogens is 203 g/mol. The Morgan fingerprint density at radius 3 is 2.56 bits per heavy atom. The lowest BCUT2D eigenvalue weighted by Crippen LogP contribution is -2.22. The van der Waals surface area contributed by atoms with Gasteiger partial charge in [0.2, 0.25) is 0 Å². The van der Waals surface area contributed by atoms with E-state index in [2.05, 4.69) is 4.98 Å². The molecule has 2 rings (SSSR count). The van der Waals surface area contributed by atoms with Gasteiger partial charge < -0.3 is 5.73 Å². The van der Waals surface area contributed by atoms with Crippen LogP contribution < -0.4 is 5.73 Å². The second-order valence-electron chi connectivity index (χ2n) is 4.67. The van der Waals surface area contributed by atoms with Gasteiger partial charge in [-0.2, -0.15) is 0 Å². The molecular formula is C13H19FN2. The summed E-state index contributed by atoms with van der Waals surface area (Å²) < 4.78 is 13.6. The molecule has 1 aromatic rings. The van der Waals surface area contributed by atoms with E-state index in [1.54, 1.807) is 12.3 Å². The summed E-state index contributed by atoms with van der Waals surface area (Å²) in [5, 5.41) is 0. The molecule has 3 heteroatoms. The number of rotatable bonds is 2. The van der Waals surface area contributed by atoms with Crippen LogP contribution in [0.2, 0.25) is 0 Å². The second kappa shape index (κ2) is 5.39. The maximum Gasteiger partial charge on any atom is 0.146 e. The Bertz CT molecular complexity index is 332. The van der Waals surface area contributed by atoms with Crippen LogP contribution in [0, 0.1) is 11.7 Å². The SMILES string of the molecule is NC(c1ccncc1F)C1CCCCCC1. The maximum absolute atomic E-state index is 13.6. The third-order valence-corrected chi connectivity index (χ3v) is 3.57. The summed E-state index contributed by atoms with van der Waals surface area (Å²) in [7, 11) is 0. The van der Waals surface area contributed by atoms with E-state index < -0.39 is 0 Å². The summed E-state index contributed by atoms with van der Waals surface area (Å²) >= 11 is 0. The number of hydrogen-bond donors (Lipinski definition) is 1. The molecule has 1 aliphatic carbocycles. The zero-order valence-corrected chi connectivity index (χ0v) is 9.53. The fourth-order valence-electron chi connectivity index (χ4n) is 2.58. The molecule has 88 valence electrons. The van der Waals surface area contributed by atoms with E-state index in [4.69, 9.17) is 5.73 Å². The van der Waals surface area contributed by atoms with Crippen LogP contribution in [-0.4, -0.2) is 4.98 Å². The van der Waals surface area contributed by atoms with Gasteiger partial charge in [0.25, 0.3) is 0 Å². The molecule has 1 saturated carbocycles. The van der Waals surface area contributed by atoms with E-state index in [-0.39, 0.29) is 11.9 Å². The van der Waals surface area contributed by atoms with E-state index in [1.165, 1.54) is 31.9 Å². The number of halogens is 1. The predicted octanol–water partition coefficient (Wildman–Crippen LogP) is 3.19. The third kappa shape index (κ3) is 2.59. The Kier molecular flexibility index (Phi) is 3.88. The highest BCUT2D eigenvalue weighted by Crippen LogP contribution is 2.32. The van der Waals surface area contributed by atoms with Gasteiger partial charge in [0.15, 0.2) is 0 Å². The first-order valence-electron chi connectivity index (χ1n) is 6.14. The Morgan fingerprint density at radius 1 is 1.25 bits per heavy atom. The number of hydrogen-bond acceptors (Lipinski definition) is 2. The Hall–Kier alpha value is -0.960. The van der Waals surface area contributed by atoms with Crippen LogP contribution in [0.1, 0.15) is 50.1 Å². The number of aromatic nitrogens is 1. The molecule has 1 atom stereocenters. The first-order chi connectivity index (χ1) is 7.79. The summed E-state index contributed by atoms with van der Waals surface area (Å²) in [5.74, 6) is 0.165. The number of nitrogens with zero attached hydrogens (tertiary/aromatic N) is 1. The summed E-state index contributed by atoms with van der Waals surface area (Å²) in [6.07, 6.45) is 10.2. The van der Waals surface area contributed by atoms with Crippen LogP contribution in [0.3, 0.4) is 0 Å². The second-order valence-corrected chi connectivity index (χ2v) is 4.67. The molecule has 1 unspecified atom stereocenters. The van der Waals surface area contributed by atoms with Crippen molar-refractivity contribution >= 4 is 0 Å². The Morgan fingerprint density at radius 2 is 1.94 bits per heavy atom. The predicted molar refractivity (Wildman–Crippen MR) is 62.3 cm³/mol. The lowest BCUT2D eigenvalue weighted by molar-refractivity contribution is 0.372. The summed E-state index contributed by atoms with van der Waals surface area (Å²) in [6, 6.07) is 1.55. The summed E-state index contributed by atoms with van der Waals surface area (Å²) in [6.45, 7) is 0. The fraction of sp³-hybridized carbons (Fsp3) is 0.615. The van der Waals surface area contributed by atoms with E-state index in [0.717, 1.165) is 12.8 Å². The first-order valence-corrected chi connectivity index (χ1v) is 6.14. The van der Waals surface area contributed by atoms with Gasteiger partial charge in [0.1, 0.15) is 5.82 Å². The highest BCUT2D eigenvalue weighted by molar-refractivity contribution is 5.17. The Labute approximate surface area is 96.1 Å². The smallest absolute Gasteiger partial charge is 0.146 e. The van der Waals surface area contributed by atoms with Crippen molar-refractivity contribution in [3.8, 4) is 0 Å². The molecule has 0 aliphatic heterocycles. The van der Waals surface area contributed by atoms with E-state index in [9.17, 15) is 4.39 Å². The van der Waals surface area contributed by atoms with Crippen LogP contribution in [0.25, 0.3) is 0 Å². The van der Waals surface area contributed by atoms with Gasteiger partial charge in [0, 0.05) is 17.8 Å². The number of nitrogens with two attached hydrogens (primary N) is 1. The van der Waals surface area contributed by atoms with Gasteiger partial charge in [-0.05, 0) is 24.8 Å². The lowest BCUT2D eigenvalue weighted by atomic mass is 9.88. The third-order valence-electron chi connectivity index (χ3n) is 3.57. The Balaban J connectivity index is 2.11. The number of pyridine rings is 1. The largest absolute Gasteiger partial charge is 0.324 e. The van der Waals surface area contributed by atoms with Crippen molar-refractivity contribution in [1.82, 2.24) is 4.98 Å². The average molecular weight is 222 g/mol. The molecule has 1 aliphatic rings. The zero-order valence-electron chi connectivity index (χ0n) is 9.53. The molecule has 0 aromatic carbocycles. The van der Waals surface area contributed by atoms with Crippen molar-refractivity contribution < 1.29 is 4.39 Å². The van der Waals surface area contributed by atoms with Crippen molar-refractivity contribution in [2.45, 2.75) is 44.6 Å². The van der Waals surface area contributed by atoms with Crippen LogP contribution >= 0.6 is 0 Å². The highest BCUT2D eigenvalue weighted by Gasteiger charge is 2.22.